The molecular formula is C9H12N2O3. The highest BCUT2D eigenvalue weighted by Gasteiger charge is 2.27. The molecule has 76 valence electrons. The van der Waals surface area contributed by atoms with Crippen molar-refractivity contribution in [3.63, 3.8) is 0 Å². The van der Waals surface area contributed by atoms with Crippen LogP contribution < -0.4 is 4.74 Å². The zero-order chi connectivity index (χ0) is 10.1. The predicted molar refractivity (Wildman–Crippen MR) is 48.4 cm³/mol. The molecule has 0 radical (unpaired) electrons. The topological polar surface area (TPSA) is 64.4 Å². The number of aliphatic carboxylic acids is 1. The van der Waals surface area contributed by atoms with E-state index in [9.17, 15) is 4.79 Å². The van der Waals surface area contributed by atoms with Crippen LogP contribution in [0.1, 0.15) is 24.5 Å². The third-order valence-corrected chi connectivity index (χ3v) is 2.25. The molecule has 1 aliphatic rings. The largest absolute Gasteiger partial charge is 0.481 e. The molecule has 5 nitrogen and oxygen atoms in total. The highest BCUT2D eigenvalue weighted by atomic mass is 16.5. The summed E-state index contributed by atoms with van der Waals surface area (Å²) < 4.78 is 6.43. The minimum absolute atomic E-state index is 0.143. The van der Waals surface area contributed by atoms with Gasteiger partial charge < -0.3 is 9.84 Å². The molecule has 1 saturated carbocycles. The normalized spacial score (nSPS) is 15.5. The van der Waals surface area contributed by atoms with E-state index in [1.807, 2.05) is 6.07 Å². The number of hydrogen-bond acceptors (Lipinski definition) is 3. The van der Waals surface area contributed by atoms with Gasteiger partial charge in [-0.1, -0.05) is 0 Å². The van der Waals surface area contributed by atoms with Crippen LogP contribution in [0.15, 0.2) is 6.07 Å². The van der Waals surface area contributed by atoms with E-state index >= 15 is 0 Å². The molecule has 1 fully saturated rings. The van der Waals surface area contributed by atoms with Crippen LogP contribution in [0.4, 0.5) is 0 Å². The van der Waals surface area contributed by atoms with E-state index in [-0.39, 0.29) is 6.54 Å². The van der Waals surface area contributed by atoms with Crippen LogP contribution in [-0.2, 0) is 11.3 Å². The summed E-state index contributed by atoms with van der Waals surface area (Å²) in [6, 6.07) is 1.82. The summed E-state index contributed by atoms with van der Waals surface area (Å²) in [6.45, 7) is -0.143. The summed E-state index contributed by atoms with van der Waals surface area (Å²) >= 11 is 0. The molecule has 0 aromatic carbocycles. The molecule has 0 atom stereocenters. The molecule has 1 aromatic rings. The Morgan fingerprint density at radius 2 is 2.50 bits per heavy atom. The van der Waals surface area contributed by atoms with Gasteiger partial charge in [-0.05, 0) is 12.8 Å². The van der Waals surface area contributed by atoms with Crippen molar-refractivity contribution < 1.29 is 14.6 Å². The first-order chi connectivity index (χ1) is 6.70. The van der Waals surface area contributed by atoms with E-state index in [2.05, 4.69) is 5.10 Å². The number of carboxylic acid groups (broad SMARTS) is 1. The monoisotopic (exact) mass is 196 g/mol. The molecule has 5 heteroatoms. The first-order valence-electron chi connectivity index (χ1n) is 4.54. The Hall–Kier alpha value is -1.52. The Labute approximate surface area is 81.3 Å². The Morgan fingerprint density at radius 1 is 1.79 bits per heavy atom. The molecule has 0 amide bonds. The number of hydrogen-bond donors (Lipinski definition) is 1. The maximum Gasteiger partial charge on any atom is 0.325 e. The van der Waals surface area contributed by atoms with Crippen LogP contribution in [0.25, 0.3) is 0 Å². The van der Waals surface area contributed by atoms with E-state index in [0.717, 1.165) is 18.5 Å². The highest BCUT2D eigenvalue weighted by molar-refractivity contribution is 5.66. The second kappa shape index (κ2) is 3.32. The van der Waals surface area contributed by atoms with E-state index in [4.69, 9.17) is 9.84 Å². The van der Waals surface area contributed by atoms with Gasteiger partial charge in [-0.2, -0.15) is 5.10 Å². The lowest BCUT2D eigenvalue weighted by atomic mass is 10.3. The number of rotatable bonds is 4. The van der Waals surface area contributed by atoms with Crippen LogP contribution in [0.3, 0.4) is 0 Å². The molecular weight excluding hydrogens is 184 g/mol. The first-order valence-corrected chi connectivity index (χ1v) is 4.54. The number of carboxylic acids is 1. The van der Waals surface area contributed by atoms with Crippen molar-refractivity contribution in [1.82, 2.24) is 9.78 Å². The Bertz CT molecular complexity index is 355. The second-order valence-corrected chi connectivity index (χ2v) is 3.44. The molecule has 1 aliphatic carbocycles. The Morgan fingerprint density at radius 3 is 3.00 bits per heavy atom. The smallest absolute Gasteiger partial charge is 0.325 e. The van der Waals surface area contributed by atoms with E-state index in [1.165, 1.54) is 11.8 Å². The minimum atomic E-state index is -0.909. The SMILES string of the molecule is COc1cc(C2CC2)nn1CC(=O)O. The standard InChI is InChI=1S/C9H12N2O3/c1-14-8-4-7(6-2-3-6)10-11(8)5-9(12)13/h4,6H,2-3,5H2,1H3,(H,12,13). The Kier molecular flexibility index (Phi) is 2.15. The lowest BCUT2D eigenvalue weighted by Crippen LogP contribution is -2.11. The van der Waals surface area contributed by atoms with Crippen molar-refractivity contribution in [3.05, 3.63) is 11.8 Å². The van der Waals surface area contributed by atoms with Crippen molar-refractivity contribution in [2.75, 3.05) is 7.11 Å². The number of aromatic nitrogens is 2. The van der Waals surface area contributed by atoms with Gasteiger partial charge in [0.2, 0.25) is 5.88 Å². The molecule has 1 heterocycles. The van der Waals surface area contributed by atoms with Crippen molar-refractivity contribution in [1.29, 1.82) is 0 Å². The van der Waals surface area contributed by atoms with Crippen LogP contribution in [-0.4, -0.2) is 28.0 Å². The van der Waals surface area contributed by atoms with Gasteiger partial charge in [0, 0.05) is 12.0 Å². The number of carbonyl (C=O) groups is 1. The predicted octanol–water partition coefficient (Wildman–Crippen LogP) is 0.854. The van der Waals surface area contributed by atoms with Gasteiger partial charge in [0.15, 0.2) is 0 Å². The molecule has 1 aromatic heterocycles. The summed E-state index contributed by atoms with van der Waals surface area (Å²) in [6.07, 6.45) is 2.29. The number of methoxy groups -OCH3 is 1. The fourth-order valence-electron chi connectivity index (χ4n) is 1.40. The zero-order valence-corrected chi connectivity index (χ0v) is 7.93. The lowest BCUT2D eigenvalue weighted by molar-refractivity contribution is -0.138. The fourth-order valence-corrected chi connectivity index (χ4v) is 1.40. The summed E-state index contributed by atoms with van der Waals surface area (Å²) in [7, 11) is 1.52. The Balaban J connectivity index is 2.22. The van der Waals surface area contributed by atoms with E-state index in [1.54, 1.807) is 0 Å². The van der Waals surface area contributed by atoms with E-state index in [0.29, 0.717) is 11.8 Å². The van der Waals surface area contributed by atoms with Crippen LogP contribution >= 0.6 is 0 Å². The summed E-state index contributed by atoms with van der Waals surface area (Å²) in [5.74, 6) is 0.127. The van der Waals surface area contributed by atoms with Gasteiger partial charge in [0.1, 0.15) is 6.54 Å². The van der Waals surface area contributed by atoms with Crippen LogP contribution in [0, 0.1) is 0 Å². The maximum absolute atomic E-state index is 10.5. The number of nitrogens with zero attached hydrogens (tertiary/aromatic N) is 2. The highest BCUT2D eigenvalue weighted by Crippen LogP contribution is 2.40. The van der Waals surface area contributed by atoms with Gasteiger partial charge in [-0.15, -0.1) is 0 Å². The van der Waals surface area contributed by atoms with Crippen molar-refractivity contribution in [3.8, 4) is 5.88 Å². The molecule has 2 rings (SSSR count). The van der Waals surface area contributed by atoms with Crippen LogP contribution in [0.5, 0.6) is 5.88 Å². The minimum Gasteiger partial charge on any atom is -0.481 e. The molecule has 0 saturated heterocycles. The third-order valence-electron chi connectivity index (χ3n) is 2.25. The summed E-state index contributed by atoms with van der Waals surface area (Å²) in [5.41, 5.74) is 0.947. The molecule has 0 spiro atoms. The average Bonchev–Trinajstić information content (AvgIpc) is 2.89. The number of ether oxygens (including phenoxy) is 1. The van der Waals surface area contributed by atoms with Gasteiger partial charge in [0.05, 0.1) is 12.8 Å². The summed E-state index contributed by atoms with van der Waals surface area (Å²) in [5, 5.41) is 12.8. The van der Waals surface area contributed by atoms with Gasteiger partial charge in [0.25, 0.3) is 0 Å². The molecule has 14 heavy (non-hydrogen) atoms. The van der Waals surface area contributed by atoms with Crippen molar-refractivity contribution >= 4 is 5.97 Å². The fraction of sp³-hybridized carbons (Fsp3) is 0.556. The quantitative estimate of drug-likeness (QED) is 0.775. The second-order valence-electron chi connectivity index (χ2n) is 3.44. The maximum atomic E-state index is 10.5. The molecule has 0 bridgehead atoms. The average molecular weight is 196 g/mol. The van der Waals surface area contributed by atoms with Gasteiger partial charge in [-0.25, -0.2) is 4.68 Å². The van der Waals surface area contributed by atoms with Gasteiger partial charge >= 0.3 is 5.97 Å². The van der Waals surface area contributed by atoms with E-state index < -0.39 is 5.97 Å². The lowest BCUT2D eigenvalue weighted by Gasteiger charge is -2.01. The van der Waals surface area contributed by atoms with Gasteiger partial charge in [-0.3, -0.25) is 4.79 Å². The van der Waals surface area contributed by atoms with Crippen LogP contribution in [0.2, 0.25) is 0 Å². The van der Waals surface area contributed by atoms with Crippen molar-refractivity contribution in [2.45, 2.75) is 25.3 Å². The zero-order valence-electron chi connectivity index (χ0n) is 7.93. The first kappa shape index (κ1) is 9.05. The molecule has 0 unspecified atom stereocenters. The third kappa shape index (κ3) is 1.71. The van der Waals surface area contributed by atoms with Crippen molar-refractivity contribution in [2.24, 2.45) is 0 Å². The molecule has 0 aliphatic heterocycles. The summed E-state index contributed by atoms with van der Waals surface area (Å²) in [4.78, 5) is 10.5. The molecule has 1 N–H and O–H groups in total.